The van der Waals surface area contributed by atoms with E-state index in [1.165, 1.54) is 32.5 Å². The molecule has 0 spiro atoms. The van der Waals surface area contributed by atoms with Crippen molar-refractivity contribution >= 4 is 22.7 Å². The number of ketones is 1. The lowest BCUT2D eigenvalue weighted by molar-refractivity contribution is -0.130. The SMILES string of the molecule is COc1ccc(C2C(C(=O)c3cc4cccc(OC)c4o3)=C(O)C(=O)N2Cc2ccco2)cc1OC. The number of benzene rings is 2. The van der Waals surface area contributed by atoms with Gasteiger partial charge in [-0.15, -0.1) is 0 Å². The fourth-order valence-corrected chi connectivity index (χ4v) is 4.43. The van der Waals surface area contributed by atoms with E-state index < -0.39 is 23.5 Å². The summed E-state index contributed by atoms with van der Waals surface area (Å²) in [6.45, 7) is 0.0274. The smallest absolute Gasteiger partial charge is 0.290 e. The molecule has 1 N–H and O–H groups in total. The second-order valence-electron chi connectivity index (χ2n) is 8.11. The van der Waals surface area contributed by atoms with Gasteiger partial charge in [0.15, 0.2) is 34.4 Å². The molecule has 3 heterocycles. The molecular formula is C27H23NO8. The number of carbonyl (C=O) groups is 2. The van der Waals surface area contributed by atoms with Gasteiger partial charge in [0.25, 0.3) is 5.91 Å². The normalized spacial score (nSPS) is 15.6. The molecule has 4 aromatic rings. The van der Waals surface area contributed by atoms with Crippen LogP contribution in [0.5, 0.6) is 17.2 Å². The number of hydrogen-bond donors (Lipinski definition) is 1. The molecule has 1 aliphatic rings. The number of hydrogen-bond acceptors (Lipinski definition) is 8. The van der Waals surface area contributed by atoms with Gasteiger partial charge in [0.1, 0.15) is 5.76 Å². The molecule has 1 atom stereocenters. The molecule has 36 heavy (non-hydrogen) atoms. The van der Waals surface area contributed by atoms with Crippen molar-refractivity contribution in [3.8, 4) is 17.2 Å². The quantitative estimate of drug-likeness (QED) is 0.350. The zero-order valence-electron chi connectivity index (χ0n) is 19.8. The maximum atomic E-state index is 13.8. The Morgan fingerprint density at radius 3 is 2.44 bits per heavy atom. The van der Waals surface area contributed by atoms with Crippen molar-refractivity contribution in [1.82, 2.24) is 4.90 Å². The second-order valence-corrected chi connectivity index (χ2v) is 8.11. The molecule has 1 unspecified atom stereocenters. The average molecular weight is 489 g/mol. The molecule has 9 nitrogen and oxygen atoms in total. The molecule has 1 amide bonds. The first-order valence-corrected chi connectivity index (χ1v) is 11.1. The number of Topliss-reactive ketones (excluding diaryl/α,β-unsaturated/α-hetero) is 1. The first kappa shape index (κ1) is 23.1. The lowest BCUT2D eigenvalue weighted by Gasteiger charge is -2.26. The first-order valence-electron chi connectivity index (χ1n) is 11.1. The zero-order chi connectivity index (χ0) is 25.4. The van der Waals surface area contributed by atoms with E-state index in [4.69, 9.17) is 23.0 Å². The van der Waals surface area contributed by atoms with Crippen LogP contribution in [0.15, 0.2) is 81.0 Å². The summed E-state index contributed by atoms with van der Waals surface area (Å²) in [7, 11) is 4.50. The van der Waals surface area contributed by atoms with Gasteiger partial charge < -0.3 is 33.1 Å². The van der Waals surface area contributed by atoms with E-state index >= 15 is 0 Å². The summed E-state index contributed by atoms with van der Waals surface area (Å²) in [5.74, 6) is -0.176. The summed E-state index contributed by atoms with van der Waals surface area (Å²) in [4.78, 5) is 28.4. The molecule has 0 radical (unpaired) electrons. The van der Waals surface area contributed by atoms with Crippen molar-refractivity contribution in [1.29, 1.82) is 0 Å². The molecule has 0 fully saturated rings. The standard InChI is InChI=1S/C27H23NO8/c1-32-18-10-9-15(12-20(18)34-3)23-22(25(30)27(31)28(23)14-17-7-5-11-35-17)24(29)21-13-16-6-4-8-19(33-2)26(16)36-21/h4-13,23,30H,14H2,1-3H3. The van der Waals surface area contributed by atoms with Gasteiger partial charge >= 0.3 is 0 Å². The maximum absolute atomic E-state index is 13.8. The van der Waals surface area contributed by atoms with Crippen LogP contribution in [0.3, 0.4) is 0 Å². The molecule has 0 saturated carbocycles. The molecular weight excluding hydrogens is 466 g/mol. The third kappa shape index (κ3) is 3.74. The number of aliphatic hydroxyl groups is 1. The van der Waals surface area contributed by atoms with E-state index in [1.807, 2.05) is 0 Å². The van der Waals surface area contributed by atoms with E-state index in [0.29, 0.717) is 39.5 Å². The molecule has 5 rings (SSSR count). The highest BCUT2D eigenvalue weighted by atomic mass is 16.5. The lowest BCUT2D eigenvalue weighted by atomic mass is 9.94. The van der Waals surface area contributed by atoms with Crippen molar-refractivity contribution in [2.24, 2.45) is 0 Å². The van der Waals surface area contributed by atoms with E-state index in [1.54, 1.807) is 54.6 Å². The van der Waals surface area contributed by atoms with Crippen LogP contribution in [0, 0.1) is 0 Å². The second kappa shape index (κ2) is 9.18. The number of para-hydroxylation sites is 1. The fraction of sp³-hybridized carbons (Fsp3) is 0.185. The van der Waals surface area contributed by atoms with Crippen LogP contribution < -0.4 is 14.2 Å². The summed E-state index contributed by atoms with van der Waals surface area (Å²) in [5, 5.41) is 11.6. The molecule has 0 aliphatic carbocycles. The minimum atomic E-state index is -0.940. The Morgan fingerprint density at radius 2 is 1.75 bits per heavy atom. The van der Waals surface area contributed by atoms with E-state index in [9.17, 15) is 14.7 Å². The number of carbonyl (C=O) groups excluding carboxylic acids is 2. The summed E-state index contributed by atoms with van der Waals surface area (Å²) in [6.07, 6.45) is 1.49. The number of fused-ring (bicyclic) bond motifs is 1. The van der Waals surface area contributed by atoms with Gasteiger partial charge in [0, 0.05) is 5.39 Å². The van der Waals surface area contributed by atoms with Crippen molar-refractivity contribution in [3.63, 3.8) is 0 Å². The Kier molecular flexibility index (Phi) is 5.89. The van der Waals surface area contributed by atoms with Gasteiger partial charge in [0.2, 0.25) is 5.78 Å². The number of nitrogens with zero attached hydrogens (tertiary/aromatic N) is 1. The van der Waals surface area contributed by atoms with Crippen molar-refractivity contribution in [2.75, 3.05) is 21.3 Å². The van der Waals surface area contributed by atoms with Crippen LogP contribution in [0.25, 0.3) is 11.0 Å². The molecule has 9 heteroatoms. The number of rotatable bonds is 8. The largest absolute Gasteiger partial charge is 0.503 e. The van der Waals surface area contributed by atoms with Crippen molar-refractivity contribution in [3.05, 3.63) is 89.3 Å². The van der Waals surface area contributed by atoms with Gasteiger partial charge in [-0.25, -0.2) is 0 Å². The van der Waals surface area contributed by atoms with E-state index in [0.717, 1.165) is 0 Å². The number of ether oxygens (including phenoxy) is 3. The van der Waals surface area contributed by atoms with Crippen LogP contribution in [0.4, 0.5) is 0 Å². The minimum Gasteiger partial charge on any atom is -0.503 e. The Balaban J connectivity index is 1.63. The fourth-order valence-electron chi connectivity index (χ4n) is 4.43. The van der Waals surface area contributed by atoms with Crippen LogP contribution >= 0.6 is 0 Å². The average Bonchev–Trinajstić information content (AvgIpc) is 3.63. The Hall–Kier alpha value is -4.66. The van der Waals surface area contributed by atoms with Crippen LogP contribution in [-0.4, -0.2) is 43.0 Å². The number of furan rings is 2. The van der Waals surface area contributed by atoms with Gasteiger partial charge in [-0.3, -0.25) is 9.59 Å². The van der Waals surface area contributed by atoms with E-state index in [2.05, 4.69) is 0 Å². The third-order valence-electron chi connectivity index (χ3n) is 6.13. The molecule has 2 aromatic carbocycles. The van der Waals surface area contributed by atoms with Crippen LogP contribution in [0.2, 0.25) is 0 Å². The van der Waals surface area contributed by atoms with Gasteiger partial charge in [-0.1, -0.05) is 18.2 Å². The predicted octanol–water partition coefficient (Wildman–Crippen LogP) is 4.83. The highest BCUT2D eigenvalue weighted by Gasteiger charge is 2.45. The van der Waals surface area contributed by atoms with Crippen molar-refractivity contribution < 1.29 is 37.7 Å². The van der Waals surface area contributed by atoms with Gasteiger partial charge in [-0.2, -0.15) is 0 Å². The topological polar surface area (TPSA) is 112 Å². The number of aliphatic hydroxyl groups excluding tert-OH is 1. The number of amides is 1. The van der Waals surface area contributed by atoms with Crippen molar-refractivity contribution in [2.45, 2.75) is 12.6 Å². The Bertz CT molecular complexity index is 1480. The molecule has 1 aliphatic heterocycles. The molecule has 184 valence electrons. The highest BCUT2D eigenvalue weighted by Crippen LogP contribution is 2.43. The van der Waals surface area contributed by atoms with E-state index in [-0.39, 0.29) is 17.9 Å². The molecule has 0 bridgehead atoms. The summed E-state index contributed by atoms with van der Waals surface area (Å²) < 4.78 is 27.4. The molecule has 0 saturated heterocycles. The number of methoxy groups -OCH3 is 3. The minimum absolute atomic E-state index is 0.0274. The lowest BCUT2D eigenvalue weighted by Crippen LogP contribution is -2.30. The van der Waals surface area contributed by atoms with Crippen LogP contribution in [-0.2, 0) is 11.3 Å². The summed E-state index contributed by atoms with van der Waals surface area (Å²) in [6, 6.07) is 14.3. The Morgan fingerprint density at radius 1 is 0.972 bits per heavy atom. The van der Waals surface area contributed by atoms with Gasteiger partial charge in [0.05, 0.1) is 45.8 Å². The predicted molar refractivity (Wildman–Crippen MR) is 128 cm³/mol. The maximum Gasteiger partial charge on any atom is 0.290 e. The van der Waals surface area contributed by atoms with Crippen LogP contribution in [0.1, 0.15) is 27.9 Å². The Labute approximate surface area is 206 Å². The monoisotopic (exact) mass is 489 g/mol. The highest BCUT2D eigenvalue weighted by molar-refractivity contribution is 6.16. The van der Waals surface area contributed by atoms with Gasteiger partial charge in [-0.05, 0) is 42.0 Å². The zero-order valence-corrected chi connectivity index (χ0v) is 19.8. The third-order valence-corrected chi connectivity index (χ3v) is 6.13. The molecule has 2 aromatic heterocycles. The summed E-state index contributed by atoms with van der Waals surface area (Å²) >= 11 is 0. The summed E-state index contributed by atoms with van der Waals surface area (Å²) in [5.41, 5.74) is 0.813. The first-order chi connectivity index (χ1) is 17.5.